The molecule has 0 atom stereocenters. The van der Waals surface area contributed by atoms with Crippen molar-refractivity contribution in [2.75, 3.05) is 11.1 Å². The molecule has 3 N–H and O–H groups in total. The maximum absolute atomic E-state index is 5.90. The van der Waals surface area contributed by atoms with Gasteiger partial charge < -0.3 is 15.5 Å². The second kappa shape index (κ2) is 4.23. The van der Waals surface area contributed by atoms with Crippen LogP contribution in [0.3, 0.4) is 0 Å². The third-order valence-corrected chi connectivity index (χ3v) is 2.76. The first kappa shape index (κ1) is 10.9. The van der Waals surface area contributed by atoms with Crippen molar-refractivity contribution in [3.63, 3.8) is 0 Å². The van der Waals surface area contributed by atoms with Gasteiger partial charge in [0.25, 0.3) is 6.01 Å². The number of aromatic nitrogens is 1. The molecule has 0 aliphatic carbocycles. The second-order valence-corrected chi connectivity index (χ2v) is 4.28. The summed E-state index contributed by atoms with van der Waals surface area (Å²) in [6.45, 7) is 0. The molecular formula is C13H10ClN3O. The standard InChI is InChI=1S/C13H10ClN3O/c14-8-3-1-4-9(7-8)16-13-17-12-10(15)5-2-6-11(12)18-13/h1-7H,15H2,(H,16,17). The van der Waals surface area contributed by atoms with Crippen molar-refractivity contribution in [3.8, 4) is 0 Å². The number of hydrogen-bond acceptors (Lipinski definition) is 4. The van der Waals surface area contributed by atoms with Gasteiger partial charge >= 0.3 is 0 Å². The molecular weight excluding hydrogens is 250 g/mol. The van der Waals surface area contributed by atoms with Crippen molar-refractivity contribution in [2.45, 2.75) is 0 Å². The number of halogens is 1. The molecule has 3 aromatic rings. The van der Waals surface area contributed by atoms with Crippen LogP contribution in [-0.2, 0) is 0 Å². The number of nitrogen functional groups attached to an aromatic ring is 1. The molecule has 0 spiro atoms. The van der Waals surface area contributed by atoms with Gasteiger partial charge in [0.1, 0.15) is 5.52 Å². The summed E-state index contributed by atoms with van der Waals surface area (Å²) in [7, 11) is 0. The predicted molar refractivity (Wildman–Crippen MR) is 73.2 cm³/mol. The van der Waals surface area contributed by atoms with Crippen molar-refractivity contribution >= 4 is 40.1 Å². The summed E-state index contributed by atoms with van der Waals surface area (Å²) in [6.07, 6.45) is 0. The smallest absolute Gasteiger partial charge is 0.300 e. The summed E-state index contributed by atoms with van der Waals surface area (Å²) in [5.74, 6) is 0. The van der Waals surface area contributed by atoms with Crippen molar-refractivity contribution in [1.82, 2.24) is 4.98 Å². The molecule has 90 valence electrons. The highest BCUT2D eigenvalue weighted by Crippen LogP contribution is 2.26. The molecule has 0 unspecified atom stereocenters. The summed E-state index contributed by atoms with van der Waals surface area (Å²) in [4.78, 5) is 4.29. The fraction of sp³-hybridized carbons (Fsp3) is 0. The van der Waals surface area contributed by atoms with Gasteiger partial charge in [-0.1, -0.05) is 23.7 Å². The Kier molecular flexibility index (Phi) is 2.57. The fourth-order valence-electron chi connectivity index (χ4n) is 1.71. The molecule has 1 aromatic heterocycles. The van der Waals surface area contributed by atoms with Crippen LogP contribution >= 0.6 is 11.6 Å². The normalized spacial score (nSPS) is 10.7. The topological polar surface area (TPSA) is 64.1 Å². The highest BCUT2D eigenvalue weighted by Gasteiger charge is 2.08. The van der Waals surface area contributed by atoms with Crippen LogP contribution in [0, 0.1) is 0 Å². The first-order valence-electron chi connectivity index (χ1n) is 5.40. The van der Waals surface area contributed by atoms with Gasteiger partial charge in [-0.3, -0.25) is 0 Å². The van der Waals surface area contributed by atoms with Crippen molar-refractivity contribution in [2.24, 2.45) is 0 Å². The van der Waals surface area contributed by atoms with Gasteiger partial charge in [0.2, 0.25) is 0 Å². The average molecular weight is 260 g/mol. The Balaban J connectivity index is 1.98. The van der Waals surface area contributed by atoms with Gasteiger partial charge in [0, 0.05) is 10.7 Å². The summed E-state index contributed by atoms with van der Waals surface area (Å²) in [6, 6.07) is 13.1. The van der Waals surface area contributed by atoms with E-state index in [0.29, 0.717) is 27.8 Å². The highest BCUT2D eigenvalue weighted by molar-refractivity contribution is 6.30. The van der Waals surface area contributed by atoms with Crippen molar-refractivity contribution in [3.05, 3.63) is 47.5 Å². The van der Waals surface area contributed by atoms with Gasteiger partial charge in [-0.05, 0) is 30.3 Å². The van der Waals surface area contributed by atoms with Gasteiger partial charge in [-0.15, -0.1) is 0 Å². The van der Waals surface area contributed by atoms with E-state index in [-0.39, 0.29) is 0 Å². The number of anilines is 3. The first-order chi connectivity index (χ1) is 8.72. The number of nitrogens with two attached hydrogens (primary N) is 1. The third-order valence-electron chi connectivity index (χ3n) is 2.53. The van der Waals surface area contributed by atoms with Gasteiger partial charge in [-0.25, -0.2) is 0 Å². The average Bonchev–Trinajstić information content (AvgIpc) is 2.73. The summed E-state index contributed by atoms with van der Waals surface area (Å²) < 4.78 is 5.55. The number of oxazole rings is 1. The number of rotatable bonds is 2. The van der Waals surface area contributed by atoms with E-state index in [1.54, 1.807) is 18.2 Å². The van der Waals surface area contributed by atoms with E-state index in [0.717, 1.165) is 5.69 Å². The maximum atomic E-state index is 5.90. The van der Waals surface area contributed by atoms with Crippen LogP contribution in [0.5, 0.6) is 0 Å². The number of para-hydroxylation sites is 1. The molecule has 2 aromatic carbocycles. The lowest BCUT2D eigenvalue weighted by atomic mass is 10.3. The summed E-state index contributed by atoms with van der Waals surface area (Å²) in [5.41, 5.74) is 8.53. The van der Waals surface area contributed by atoms with Gasteiger partial charge in [0.15, 0.2) is 5.58 Å². The molecule has 4 nitrogen and oxygen atoms in total. The predicted octanol–water partition coefficient (Wildman–Crippen LogP) is 3.81. The Bertz CT molecular complexity index is 708. The van der Waals surface area contributed by atoms with E-state index in [4.69, 9.17) is 21.8 Å². The van der Waals surface area contributed by atoms with E-state index in [1.807, 2.05) is 24.3 Å². The van der Waals surface area contributed by atoms with Crippen LogP contribution < -0.4 is 11.1 Å². The van der Waals surface area contributed by atoms with E-state index in [1.165, 1.54) is 0 Å². The second-order valence-electron chi connectivity index (χ2n) is 3.85. The molecule has 5 heteroatoms. The Morgan fingerprint density at radius 1 is 1.17 bits per heavy atom. The lowest BCUT2D eigenvalue weighted by molar-refractivity contribution is 0.623. The maximum Gasteiger partial charge on any atom is 0.300 e. The molecule has 18 heavy (non-hydrogen) atoms. The van der Waals surface area contributed by atoms with Crippen LogP contribution in [0.2, 0.25) is 5.02 Å². The number of benzene rings is 2. The molecule has 0 saturated heterocycles. The lowest BCUT2D eigenvalue weighted by Gasteiger charge is -2.00. The van der Waals surface area contributed by atoms with E-state index in [9.17, 15) is 0 Å². The highest BCUT2D eigenvalue weighted by atomic mass is 35.5. The van der Waals surface area contributed by atoms with Crippen LogP contribution in [0.15, 0.2) is 46.9 Å². The Morgan fingerprint density at radius 2 is 2.00 bits per heavy atom. The van der Waals surface area contributed by atoms with Gasteiger partial charge in [0.05, 0.1) is 5.69 Å². The molecule has 0 amide bonds. The first-order valence-corrected chi connectivity index (χ1v) is 5.78. The van der Waals surface area contributed by atoms with Gasteiger partial charge in [-0.2, -0.15) is 4.98 Å². The SMILES string of the molecule is Nc1cccc2oc(Nc3cccc(Cl)c3)nc12. The third kappa shape index (κ3) is 1.98. The van der Waals surface area contributed by atoms with E-state index < -0.39 is 0 Å². The van der Waals surface area contributed by atoms with Crippen molar-refractivity contribution < 1.29 is 4.42 Å². The zero-order chi connectivity index (χ0) is 12.5. The van der Waals surface area contributed by atoms with Crippen LogP contribution in [0.25, 0.3) is 11.1 Å². The fourth-order valence-corrected chi connectivity index (χ4v) is 1.90. The number of nitrogens with one attached hydrogen (secondary N) is 1. The zero-order valence-corrected chi connectivity index (χ0v) is 10.1. The lowest BCUT2D eigenvalue weighted by Crippen LogP contribution is -1.90. The molecule has 0 aliphatic heterocycles. The zero-order valence-electron chi connectivity index (χ0n) is 9.35. The molecule has 3 rings (SSSR count). The minimum atomic E-state index is 0.394. The Morgan fingerprint density at radius 3 is 2.78 bits per heavy atom. The molecule has 1 heterocycles. The van der Waals surface area contributed by atoms with Crippen LogP contribution in [-0.4, -0.2) is 4.98 Å². The van der Waals surface area contributed by atoms with Crippen LogP contribution in [0.1, 0.15) is 0 Å². The largest absolute Gasteiger partial charge is 0.423 e. The van der Waals surface area contributed by atoms with E-state index in [2.05, 4.69) is 10.3 Å². The summed E-state index contributed by atoms with van der Waals surface area (Å²) in [5, 5.41) is 3.69. The van der Waals surface area contributed by atoms with E-state index >= 15 is 0 Å². The summed E-state index contributed by atoms with van der Waals surface area (Å²) >= 11 is 5.90. The molecule has 0 fully saturated rings. The number of fused-ring (bicyclic) bond motifs is 1. The molecule has 0 aliphatic rings. The molecule has 0 radical (unpaired) electrons. The Hall–Kier alpha value is -2.20. The number of nitrogens with zero attached hydrogens (tertiary/aromatic N) is 1. The minimum absolute atomic E-state index is 0.394. The molecule has 0 saturated carbocycles. The Labute approximate surface area is 108 Å². The van der Waals surface area contributed by atoms with Crippen LogP contribution in [0.4, 0.5) is 17.4 Å². The number of hydrogen-bond donors (Lipinski definition) is 2. The monoisotopic (exact) mass is 259 g/mol. The van der Waals surface area contributed by atoms with Crippen molar-refractivity contribution in [1.29, 1.82) is 0 Å². The quantitative estimate of drug-likeness (QED) is 0.687. The molecule has 0 bridgehead atoms. The minimum Gasteiger partial charge on any atom is -0.423 e.